The van der Waals surface area contributed by atoms with Crippen molar-refractivity contribution in [3.63, 3.8) is 0 Å². The number of carbonyl (C=O) groups is 4. The number of hydrogen-bond acceptors (Lipinski definition) is 6. The van der Waals surface area contributed by atoms with Gasteiger partial charge in [0.1, 0.15) is 12.1 Å². The molecule has 12 nitrogen and oxygen atoms in total. The summed E-state index contributed by atoms with van der Waals surface area (Å²) in [6.07, 6.45) is 4.85. The van der Waals surface area contributed by atoms with Gasteiger partial charge in [-0.15, -0.1) is 7.05 Å². The van der Waals surface area contributed by atoms with E-state index in [-0.39, 0.29) is 51.5 Å². The molecule has 1 radical (unpaired) electrons. The minimum atomic E-state index is -0.940. The molecule has 0 aromatic heterocycles. The van der Waals surface area contributed by atoms with Crippen LogP contribution in [0.25, 0.3) is 5.32 Å². The summed E-state index contributed by atoms with van der Waals surface area (Å²) in [7, 11) is 4.46. The van der Waals surface area contributed by atoms with Gasteiger partial charge < -0.3 is 41.5 Å². The fourth-order valence-corrected chi connectivity index (χ4v) is 6.02. The Hall–Kier alpha value is -3.64. The Balaban J connectivity index is 0.00000237. The summed E-state index contributed by atoms with van der Waals surface area (Å²) in [6.45, 7) is 7.92. The first-order valence-corrected chi connectivity index (χ1v) is 16.7. The zero-order valence-corrected chi connectivity index (χ0v) is 33.4. The molecule has 1 aliphatic rings. The topological polar surface area (TPSA) is 177 Å². The quantitative estimate of drug-likeness (QED) is 0.0713. The van der Waals surface area contributed by atoms with Crippen molar-refractivity contribution in [3.05, 3.63) is 76.1 Å². The summed E-state index contributed by atoms with van der Waals surface area (Å²) in [6, 6.07) is 13.0. The second kappa shape index (κ2) is 22.2. The summed E-state index contributed by atoms with van der Waals surface area (Å²) < 4.78 is 0. The van der Waals surface area contributed by atoms with Gasteiger partial charge in [0.05, 0.1) is 23.2 Å². The van der Waals surface area contributed by atoms with E-state index >= 15 is 0 Å². The molecule has 0 saturated carbocycles. The smallest absolute Gasteiger partial charge is 0.245 e. The number of nitrogens with two attached hydrogens (primary N) is 1. The monoisotopic (exact) mass is 764 g/mol. The molecule has 5 amide bonds. The van der Waals surface area contributed by atoms with Gasteiger partial charge in [0.15, 0.2) is 0 Å². The Kier molecular flexibility index (Phi) is 19.7. The standard InChI is InChI=1S/C35H50N6O4.C2H4NO.Y/c1-7-30(32(43)37-5)41(6)33(44)28(17-12-20-38-24(3)36)39-31(42)29(21-25-14-9-8-10-15-25)40-34(45)35(4)19-18-27-23(2)13-11-16-26(27)22-35;1-3-2-4;/h8-11,13-16,28-30H,7,12,17-22H2,1-6H3,(H5,36,37,38,39,40,42,43,45);1H3,(H,3,4);/q;-1;/p-1/t28-,29+,30-,35?;;/m0../s1. The molecule has 0 spiro atoms. The summed E-state index contributed by atoms with van der Waals surface area (Å²) in [5.74, 6) is -1.04. The Morgan fingerprint density at radius 2 is 1.74 bits per heavy atom. The second-order valence-electron chi connectivity index (χ2n) is 12.7. The average Bonchev–Trinajstić information content (AvgIpc) is 3.09. The molecule has 50 heavy (non-hydrogen) atoms. The van der Waals surface area contributed by atoms with E-state index in [4.69, 9.17) is 10.5 Å². The van der Waals surface area contributed by atoms with E-state index in [1.54, 1.807) is 20.9 Å². The molecule has 1 aliphatic carbocycles. The van der Waals surface area contributed by atoms with Crippen molar-refractivity contribution in [3.8, 4) is 0 Å². The van der Waals surface area contributed by atoms with Crippen LogP contribution in [0.15, 0.2) is 53.5 Å². The third-order valence-corrected chi connectivity index (χ3v) is 8.90. The van der Waals surface area contributed by atoms with Crippen LogP contribution in [-0.4, -0.2) is 86.6 Å². The van der Waals surface area contributed by atoms with E-state index in [1.807, 2.05) is 43.3 Å². The predicted molar refractivity (Wildman–Crippen MR) is 193 cm³/mol. The molecule has 0 saturated heterocycles. The third-order valence-electron chi connectivity index (χ3n) is 8.90. The molecule has 0 bridgehead atoms. The molecular formula is C37H53N7O5Y-2. The fourth-order valence-electron chi connectivity index (χ4n) is 6.02. The predicted octanol–water partition coefficient (Wildman–Crippen LogP) is 2.90. The van der Waals surface area contributed by atoms with Crippen LogP contribution in [0.2, 0.25) is 0 Å². The van der Waals surface area contributed by atoms with Crippen LogP contribution in [-0.2, 0) is 75.9 Å². The number of rotatable bonds is 15. The van der Waals surface area contributed by atoms with Gasteiger partial charge in [0.25, 0.3) is 0 Å². The first kappa shape index (κ1) is 44.4. The largest absolute Gasteiger partial charge is 0.654 e. The van der Waals surface area contributed by atoms with E-state index in [9.17, 15) is 19.2 Å². The van der Waals surface area contributed by atoms with Crippen molar-refractivity contribution >= 4 is 35.9 Å². The maximum absolute atomic E-state index is 14.0. The van der Waals surface area contributed by atoms with Gasteiger partial charge >= 0.3 is 0 Å². The molecule has 271 valence electrons. The molecule has 2 aromatic rings. The Morgan fingerprint density at radius 1 is 1.08 bits per heavy atom. The van der Waals surface area contributed by atoms with E-state index in [2.05, 4.69) is 45.3 Å². The van der Waals surface area contributed by atoms with Crippen LogP contribution in [0.1, 0.15) is 68.7 Å². The molecular weight excluding hydrogens is 711 g/mol. The van der Waals surface area contributed by atoms with E-state index in [0.717, 1.165) is 17.5 Å². The van der Waals surface area contributed by atoms with Crippen molar-refractivity contribution in [2.75, 3.05) is 27.7 Å². The normalized spacial score (nSPS) is 16.7. The number of amidine groups is 1. The average molecular weight is 765 g/mol. The molecule has 0 aliphatic heterocycles. The molecule has 0 fully saturated rings. The molecule has 5 N–H and O–H groups in total. The van der Waals surface area contributed by atoms with Crippen molar-refractivity contribution in [2.45, 2.75) is 90.8 Å². The summed E-state index contributed by atoms with van der Waals surface area (Å²) in [5.41, 5.74) is 9.55. The Labute approximate surface area is 322 Å². The number of aliphatic imine (C=N–C) groups is 1. The number of benzene rings is 2. The van der Waals surface area contributed by atoms with Gasteiger partial charge in [-0.1, -0.05) is 62.4 Å². The van der Waals surface area contributed by atoms with E-state index in [1.165, 1.54) is 36.5 Å². The number of nitrogens with zero attached hydrogens (tertiary/aromatic N) is 3. The zero-order valence-electron chi connectivity index (χ0n) is 30.5. The van der Waals surface area contributed by atoms with Crippen LogP contribution in [0.3, 0.4) is 0 Å². The third kappa shape index (κ3) is 13.2. The van der Waals surface area contributed by atoms with Gasteiger partial charge in [-0.3, -0.25) is 19.4 Å². The molecule has 13 heteroatoms. The number of carbonyl (C=O) groups excluding carboxylic acids is 5. The van der Waals surface area contributed by atoms with Crippen LogP contribution in [0.5, 0.6) is 0 Å². The number of hydrogen-bond donors (Lipinski definition) is 4. The molecule has 3 rings (SSSR count). The van der Waals surface area contributed by atoms with Crippen molar-refractivity contribution < 1.29 is 56.7 Å². The van der Waals surface area contributed by atoms with Gasteiger partial charge in [0.2, 0.25) is 17.7 Å². The van der Waals surface area contributed by atoms with Crippen LogP contribution in [0.4, 0.5) is 0 Å². The first-order valence-electron chi connectivity index (χ1n) is 16.7. The SMILES string of the molecule is CC[C@@H](C(=O)[N-]C)N(C)C(=O)[C@H](CCCN=C(C)N)NC(=O)[C@@H](Cc1ccccc1)NC(=O)C1(C)CCc2c(C)cccc2C1.CN[C-]=O.[Y]. The summed E-state index contributed by atoms with van der Waals surface area (Å²) in [4.78, 5) is 68.6. The number of amides is 5. The van der Waals surface area contributed by atoms with Crippen molar-refractivity contribution in [1.29, 1.82) is 0 Å². The zero-order chi connectivity index (χ0) is 36.6. The van der Waals surface area contributed by atoms with Gasteiger partial charge in [-0.05, 0) is 81.7 Å². The maximum atomic E-state index is 14.0. The van der Waals surface area contributed by atoms with Crippen LogP contribution in [0, 0.1) is 12.3 Å². The van der Waals surface area contributed by atoms with E-state index in [0.29, 0.717) is 38.1 Å². The summed E-state index contributed by atoms with van der Waals surface area (Å²) in [5, 5.41) is 11.9. The first-order chi connectivity index (χ1) is 23.3. The number of fused-ring (bicyclic) bond motifs is 1. The maximum Gasteiger partial charge on any atom is 0.245 e. The van der Waals surface area contributed by atoms with E-state index < -0.39 is 41.3 Å². The van der Waals surface area contributed by atoms with Crippen LogP contribution >= 0.6 is 0 Å². The van der Waals surface area contributed by atoms with Crippen molar-refractivity contribution in [2.24, 2.45) is 16.1 Å². The van der Waals surface area contributed by atoms with Gasteiger partial charge in [-0.25, -0.2) is 0 Å². The molecule has 4 atom stereocenters. The molecule has 2 aromatic carbocycles. The fraction of sp³-hybridized carbons (Fsp3) is 0.514. The summed E-state index contributed by atoms with van der Waals surface area (Å²) >= 11 is 0. The minimum absolute atomic E-state index is 0. The van der Waals surface area contributed by atoms with Crippen molar-refractivity contribution in [1.82, 2.24) is 20.9 Å². The van der Waals surface area contributed by atoms with Gasteiger partial charge in [0, 0.05) is 52.7 Å². The Morgan fingerprint density at radius 3 is 2.32 bits per heavy atom. The van der Waals surface area contributed by atoms with Gasteiger partial charge in [-0.2, -0.15) is 6.41 Å². The van der Waals surface area contributed by atoms with Crippen LogP contribution < -0.4 is 21.7 Å². The number of likely N-dealkylation sites (N-methyl/N-ethyl adjacent to an activating group) is 2. The Bertz CT molecular complexity index is 1450. The molecule has 1 unspecified atom stereocenters. The number of nitrogens with one attached hydrogen (secondary N) is 3. The number of aryl methyl sites for hydroxylation is 1. The second-order valence-corrected chi connectivity index (χ2v) is 12.7. The molecule has 0 heterocycles. The minimum Gasteiger partial charge on any atom is -0.654 e.